The number of fused-ring (bicyclic) bond motifs is 2. The zero-order valence-corrected chi connectivity index (χ0v) is 17.9. The van der Waals surface area contributed by atoms with Crippen LogP contribution >= 0.6 is 0 Å². The van der Waals surface area contributed by atoms with Gasteiger partial charge in [-0.05, 0) is 0 Å². The SMILES string of the molecule is NC(=O)NC(=O)c1nc2cc3c(cc2[nH]c1=O)OCCOCCOCCOCCOCCO3. The smallest absolute Gasteiger partial charge is 0.319 e. The van der Waals surface area contributed by atoms with Gasteiger partial charge in [0.15, 0.2) is 17.2 Å². The van der Waals surface area contributed by atoms with Gasteiger partial charge in [-0.25, -0.2) is 9.78 Å². The Morgan fingerprint density at radius 2 is 1.30 bits per heavy atom. The fourth-order valence-corrected chi connectivity index (χ4v) is 2.83. The van der Waals surface area contributed by atoms with Crippen molar-refractivity contribution in [2.24, 2.45) is 5.73 Å². The van der Waals surface area contributed by atoms with Crippen molar-refractivity contribution < 1.29 is 38.0 Å². The van der Waals surface area contributed by atoms with Gasteiger partial charge in [-0.3, -0.25) is 14.9 Å². The number of rotatable bonds is 1. The third-order valence-corrected chi connectivity index (χ3v) is 4.30. The number of amides is 3. The Balaban J connectivity index is 1.80. The van der Waals surface area contributed by atoms with Crippen molar-refractivity contribution >= 4 is 23.0 Å². The van der Waals surface area contributed by atoms with Gasteiger partial charge >= 0.3 is 6.03 Å². The molecule has 0 spiro atoms. The molecule has 2 aromatic rings. The van der Waals surface area contributed by atoms with Gasteiger partial charge in [-0.1, -0.05) is 0 Å². The number of hydrogen-bond donors (Lipinski definition) is 3. The van der Waals surface area contributed by atoms with Crippen LogP contribution in [-0.2, 0) is 18.9 Å². The standard InChI is InChI=1S/C20H26N4O9/c21-20(27)24-19(26)17-18(25)23-14-12-16-15(11-13(14)22-17)32-9-7-30-5-3-28-1-2-29-4-6-31-8-10-33-16/h11-12H,1-10H2,(H,23,25)(H3,21,24,26,27). The van der Waals surface area contributed by atoms with Crippen LogP contribution in [0.4, 0.5) is 4.79 Å². The van der Waals surface area contributed by atoms with Crippen LogP contribution in [0.2, 0.25) is 0 Å². The summed E-state index contributed by atoms with van der Waals surface area (Å²) in [5.74, 6) is -0.343. The second-order valence-corrected chi connectivity index (χ2v) is 6.70. The Hall–Kier alpha value is -3.26. The minimum Gasteiger partial charge on any atom is -0.487 e. The molecule has 0 aliphatic carbocycles. The van der Waals surface area contributed by atoms with Crippen molar-refractivity contribution in [3.63, 3.8) is 0 Å². The minimum absolute atomic E-state index is 0.208. The molecule has 2 heterocycles. The highest BCUT2D eigenvalue weighted by Gasteiger charge is 2.17. The number of nitrogens with zero attached hydrogens (tertiary/aromatic N) is 1. The molecule has 0 fully saturated rings. The fourth-order valence-electron chi connectivity index (χ4n) is 2.83. The third-order valence-electron chi connectivity index (χ3n) is 4.30. The summed E-state index contributed by atoms with van der Waals surface area (Å²) in [5.41, 5.74) is 4.19. The summed E-state index contributed by atoms with van der Waals surface area (Å²) in [7, 11) is 0. The summed E-state index contributed by atoms with van der Waals surface area (Å²) in [6.45, 7) is 3.64. The lowest BCUT2D eigenvalue weighted by Crippen LogP contribution is -2.38. The predicted octanol–water partition coefficient (Wildman–Crippen LogP) is -0.431. The number of hydrogen-bond acceptors (Lipinski definition) is 10. The van der Waals surface area contributed by atoms with Crippen LogP contribution in [0.5, 0.6) is 11.5 Å². The molecular weight excluding hydrogens is 440 g/mol. The molecule has 1 aromatic heterocycles. The predicted molar refractivity (Wildman–Crippen MR) is 114 cm³/mol. The highest BCUT2D eigenvalue weighted by molar-refractivity contribution is 6.03. The van der Waals surface area contributed by atoms with Crippen molar-refractivity contribution in [2.75, 3.05) is 66.1 Å². The van der Waals surface area contributed by atoms with E-state index in [4.69, 9.17) is 34.2 Å². The summed E-state index contributed by atoms with van der Waals surface area (Å²) < 4.78 is 33.3. The first-order valence-electron chi connectivity index (χ1n) is 10.3. The van der Waals surface area contributed by atoms with E-state index in [0.29, 0.717) is 69.9 Å². The average molecular weight is 466 g/mol. The first-order chi connectivity index (χ1) is 16.0. The number of carbonyl (C=O) groups is 2. The number of urea groups is 1. The lowest BCUT2D eigenvalue weighted by Gasteiger charge is -2.15. The van der Waals surface area contributed by atoms with E-state index in [9.17, 15) is 14.4 Å². The van der Waals surface area contributed by atoms with E-state index >= 15 is 0 Å². The number of nitrogens with two attached hydrogens (primary N) is 1. The van der Waals surface area contributed by atoms with Gasteiger partial charge < -0.3 is 39.1 Å². The number of aromatic nitrogens is 2. The van der Waals surface area contributed by atoms with E-state index in [-0.39, 0.29) is 18.7 Å². The van der Waals surface area contributed by atoms with Gasteiger partial charge in [0.05, 0.1) is 63.9 Å². The highest BCUT2D eigenvalue weighted by atomic mass is 16.6. The maximum Gasteiger partial charge on any atom is 0.319 e. The highest BCUT2D eigenvalue weighted by Crippen LogP contribution is 2.31. The van der Waals surface area contributed by atoms with Gasteiger partial charge in [0, 0.05) is 12.1 Å². The number of nitrogens with one attached hydrogen (secondary N) is 2. The van der Waals surface area contributed by atoms with E-state index in [1.54, 1.807) is 0 Å². The Kier molecular flexibility index (Phi) is 9.38. The van der Waals surface area contributed by atoms with Crippen LogP contribution in [0, 0.1) is 0 Å². The summed E-state index contributed by atoms with van der Waals surface area (Å²) in [6.07, 6.45) is 0. The topological polar surface area (TPSA) is 173 Å². The van der Waals surface area contributed by atoms with Crippen LogP contribution in [-0.4, -0.2) is 88.0 Å². The summed E-state index contributed by atoms with van der Waals surface area (Å²) in [6, 6.07) is 1.95. The molecule has 0 atom stereocenters. The van der Waals surface area contributed by atoms with Gasteiger partial charge in [0.1, 0.15) is 13.2 Å². The van der Waals surface area contributed by atoms with Crippen molar-refractivity contribution in [3.05, 3.63) is 28.2 Å². The molecule has 180 valence electrons. The number of H-pyrrole nitrogens is 1. The Labute approximate surface area is 188 Å². The van der Waals surface area contributed by atoms with Gasteiger partial charge in [0.25, 0.3) is 11.5 Å². The molecule has 0 unspecified atom stereocenters. The van der Waals surface area contributed by atoms with E-state index in [1.165, 1.54) is 12.1 Å². The van der Waals surface area contributed by atoms with Crippen LogP contribution in [0.3, 0.4) is 0 Å². The summed E-state index contributed by atoms with van der Waals surface area (Å²) in [5, 5.41) is 1.81. The quantitative estimate of drug-likeness (QED) is 0.500. The van der Waals surface area contributed by atoms with Crippen LogP contribution in [0.1, 0.15) is 10.5 Å². The molecular formula is C20H26N4O9. The maximum atomic E-state index is 12.3. The van der Waals surface area contributed by atoms with Crippen LogP contribution in [0.15, 0.2) is 16.9 Å². The van der Waals surface area contributed by atoms with Crippen LogP contribution in [0.25, 0.3) is 11.0 Å². The number of benzene rings is 1. The van der Waals surface area contributed by atoms with Crippen molar-refractivity contribution in [1.82, 2.24) is 15.3 Å². The lowest BCUT2D eigenvalue weighted by atomic mass is 10.2. The van der Waals surface area contributed by atoms with E-state index in [0.717, 1.165) is 0 Å². The number of imide groups is 1. The Morgan fingerprint density at radius 3 is 1.82 bits per heavy atom. The maximum absolute atomic E-state index is 12.3. The molecule has 1 aliphatic rings. The van der Waals surface area contributed by atoms with E-state index in [1.807, 2.05) is 5.32 Å². The summed E-state index contributed by atoms with van der Waals surface area (Å²) >= 11 is 0. The average Bonchev–Trinajstić information content (AvgIpc) is 2.77. The third kappa shape index (κ3) is 7.68. The molecule has 0 saturated carbocycles. The van der Waals surface area contributed by atoms with E-state index in [2.05, 4.69) is 9.97 Å². The molecule has 3 amide bonds. The zero-order valence-electron chi connectivity index (χ0n) is 17.9. The molecule has 0 radical (unpaired) electrons. The molecule has 13 heteroatoms. The molecule has 1 aliphatic heterocycles. The first kappa shape index (κ1) is 24.4. The van der Waals surface area contributed by atoms with Crippen molar-refractivity contribution in [3.8, 4) is 11.5 Å². The lowest BCUT2D eigenvalue weighted by molar-refractivity contribution is -0.00840. The first-order valence-corrected chi connectivity index (χ1v) is 10.3. The van der Waals surface area contributed by atoms with Gasteiger partial charge in [0.2, 0.25) is 0 Å². The second-order valence-electron chi connectivity index (χ2n) is 6.70. The Morgan fingerprint density at radius 1 is 0.818 bits per heavy atom. The molecule has 13 nitrogen and oxygen atoms in total. The number of aromatic amines is 1. The van der Waals surface area contributed by atoms with Crippen molar-refractivity contribution in [1.29, 1.82) is 0 Å². The number of ether oxygens (including phenoxy) is 6. The fraction of sp³-hybridized carbons (Fsp3) is 0.500. The summed E-state index contributed by atoms with van der Waals surface area (Å²) in [4.78, 5) is 41.8. The molecule has 0 saturated heterocycles. The molecule has 33 heavy (non-hydrogen) atoms. The van der Waals surface area contributed by atoms with Crippen LogP contribution < -0.4 is 26.1 Å². The Bertz CT molecular complexity index is 1010. The minimum atomic E-state index is -1.10. The molecule has 3 rings (SSSR count). The zero-order chi connectivity index (χ0) is 23.5. The van der Waals surface area contributed by atoms with E-state index < -0.39 is 23.2 Å². The van der Waals surface area contributed by atoms with Gasteiger partial charge in [-0.15, -0.1) is 0 Å². The number of carbonyl (C=O) groups excluding carboxylic acids is 2. The normalized spacial score (nSPS) is 17.0. The molecule has 4 N–H and O–H groups in total. The molecule has 0 bridgehead atoms. The van der Waals surface area contributed by atoms with Gasteiger partial charge in [-0.2, -0.15) is 0 Å². The van der Waals surface area contributed by atoms with Crippen molar-refractivity contribution in [2.45, 2.75) is 0 Å². The molecule has 1 aromatic carbocycles. The monoisotopic (exact) mass is 466 g/mol. The second kappa shape index (κ2) is 12.7. The number of primary amides is 1. The largest absolute Gasteiger partial charge is 0.487 e.